The number of fused-ring (bicyclic) bond motifs is 1. The number of aryl methyl sites for hydroxylation is 2. The number of hydrogen-bond donors (Lipinski definition) is 3. The number of nitrogens with one attached hydrogen (secondary N) is 3. The highest BCUT2D eigenvalue weighted by molar-refractivity contribution is 6.02. The number of anilines is 4. The highest BCUT2D eigenvalue weighted by Gasteiger charge is 2.17. The number of hydrogen-bond acceptors (Lipinski definition) is 6. The molecular formula is C21H20FN7O2. The van der Waals surface area contributed by atoms with E-state index in [1.807, 2.05) is 17.7 Å². The Morgan fingerprint density at radius 2 is 1.77 bits per heavy atom. The standard InChI is InChI=1S/C21H20FN7O2/c1-23-20(30)13-10-25-18(27-17-5-4-12(22)9-24-17)8-14(13)26-15-11-29(3)16-6-7-28(2)21(31)19(15)16/h4-11H,1-3H3,(H,23,30)(H2,24,25,26,27). The average Bonchev–Trinajstić information content (AvgIpc) is 3.07. The van der Waals surface area contributed by atoms with Gasteiger partial charge in [-0.25, -0.2) is 14.4 Å². The van der Waals surface area contributed by atoms with Crippen molar-refractivity contribution in [3.05, 3.63) is 70.8 Å². The van der Waals surface area contributed by atoms with Crippen LogP contribution in [0.2, 0.25) is 0 Å². The van der Waals surface area contributed by atoms with E-state index in [1.54, 1.807) is 25.5 Å². The zero-order valence-corrected chi connectivity index (χ0v) is 17.1. The number of carbonyl (C=O) groups is 1. The van der Waals surface area contributed by atoms with Crippen LogP contribution < -0.4 is 21.5 Å². The predicted molar refractivity (Wildman–Crippen MR) is 117 cm³/mol. The highest BCUT2D eigenvalue weighted by atomic mass is 19.1. The molecule has 158 valence electrons. The van der Waals surface area contributed by atoms with Gasteiger partial charge in [-0.05, 0) is 18.2 Å². The van der Waals surface area contributed by atoms with Crippen molar-refractivity contribution in [2.45, 2.75) is 0 Å². The molecule has 3 N–H and O–H groups in total. The molecule has 4 heterocycles. The van der Waals surface area contributed by atoms with Gasteiger partial charge in [0.05, 0.1) is 34.0 Å². The smallest absolute Gasteiger partial charge is 0.261 e. The molecule has 0 spiro atoms. The minimum Gasteiger partial charge on any atom is -0.355 e. The molecule has 0 fully saturated rings. The molecule has 1 amide bonds. The highest BCUT2D eigenvalue weighted by Crippen LogP contribution is 2.29. The summed E-state index contributed by atoms with van der Waals surface area (Å²) in [6, 6.07) is 6.23. The first-order valence-corrected chi connectivity index (χ1v) is 9.39. The van der Waals surface area contributed by atoms with Gasteiger partial charge in [-0.2, -0.15) is 0 Å². The van der Waals surface area contributed by atoms with E-state index in [-0.39, 0.29) is 11.5 Å². The van der Waals surface area contributed by atoms with Crippen LogP contribution in [0.25, 0.3) is 10.9 Å². The number of nitrogens with zero attached hydrogens (tertiary/aromatic N) is 4. The summed E-state index contributed by atoms with van der Waals surface area (Å²) >= 11 is 0. The molecule has 9 nitrogen and oxygen atoms in total. The first-order chi connectivity index (χ1) is 14.9. The van der Waals surface area contributed by atoms with Gasteiger partial charge in [0.25, 0.3) is 11.5 Å². The van der Waals surface area contributed by atoms with Gasteiger partial charge in [0.15, 0.2) is 0 Å². The Hall–Kier alpha value is -4.21. The van der Waals surface area contributed by atoms with E-state index >= 15 is 0 Å². The van der Waals surface area contributed by atoms with Crippen molar-refractivity contribution >= 4 is 39.8 Å². The number of aromatic nitrogens is 4. The predicted octanol–water partition coefficient (Wildman–Crippen LogP) is 2.65. The van der Waals surface area contributed by atoms with Gasteiger partial charge in [0.2, 0.25) is 0 Å². The van der Waals surface area contributed by atoms with Gasteiger partial charge in [0.1, 0.15) is 17.5 Å². The molecule has 31 heavy (non-hydrogen) atoms. The normalized spacial score (nSPS) is 10.8. The van der Waals surface area contributed by atoms with E-state index in [0.29, 0.717) is 34.0 Å². The summed E-state index contributed by atoms with van der Waals surface area (Å²) in [6.07, 6.45) is 5.99. The molecule has 0 aliphatic carbocycles. The van der Waals surface area contributed by atoms with Crippen LogP contribution in [0.15, 0.2) is 53.8 Å². The lowest BCUT2D eigenvalue weighted by atomic mass is 10.2. The van der Waals surface area contributed by atoms with Crippen molar-refractivity contribution < 1.29 is 9.18 Å². The van der Waals surface area contributed by atoms with Crippen LogP contribution in [0.3, 0.4) is 0 Å². The Morgan fingerprint density at radius 3 is 2.48 bits per heavy atom. The second kappa shape index (κ2) is 7.90. The fourth-order valence-corrected chi connectivity index (χ4v) is 3.26. The van der Waals surface area contributed by atoms with Crippen molar-refractivity contribution in [1.29, 1.82) is 0 Å². The van der Waals surface area contributed by atoms with E-state index < -0.39 is 5.82 Å². The van der Waals surface area contributed by atoms with E-state index in [1.165, 1.54) is 29.9 Å². The van der Waals surface area contributed by atoms with E-state index in [9.17, 15) is 14.0 Å². The summed E-state index contributed by atoms with van der Waals surface area (Å²) in [6.45, 7) is 0. The Kier molecular flexibility index (Phi) is 5.12. The van der Waals surface area contributed by atoms with Crippen molar-refractivity contribution in [2.75, 3.05) is 17.7 Å². The monoisotopic (exact) mass is 421 g/mol. The third-order valence-corrected chi connectivity index (χ3v) is 4.85. The van der Waals surface area contributed by atoms with E-state index in [2.05, 4.69) is 25.9 Å². The number of halogens is 1. The summed E-state index contributed by atoms with van der Waals surface area (Å²) in [4.78, 5) is 33.3. The van der Waals surface area contributed by atoms with Gasteiger partial charge >= 0.3 is 0 Å². The molecule has 10 heteroatoms. The maximum Gasteiger partial charge on any atom is 0.261 e. The molecule has 0 aromatic carbocycles. The first kappa shape index (κ1) is 20.1. The van der Waals surface area contributed by atoms with Crippen LogP contribution in [-0.4, -0.2) is 32.1 Å². The molecule has 4 aromatic rings. The summed E-state index contributed by atoms with van der Waals surface area (Å²) in [5.74, 6) is -0.00284. The Bertz CT molecular complexity index is 1340. The summed E-state index contributed by atoms with van der Waals surface area (Å²) in [5, 5.41) is 9.26. The Labute approximate surface area is 176 Å². The molecule has 0 unspecified atom stereocenters. The van der Waals surface area contributed by atoms with Crippen LogP contribution in [0.4, 0.5) is 27.4 Å². The van der Waals surface area contributed by atoms with Crippen LogP contribution in [-0.2, 0) is 14.1 Å². The molecule has 0 saturated heterocycles. The fraction of sp³-hybridized carbons (Fsp3) is 0.143. The Morgan fingerprint density at radius 1 is 1.00 bits per heavy atom. The molecule has 0 aliphatic heterocycles. The van der Waals surface area contributed by atoms with Crippen molar-refractivity contribution in [1.82, 2.24) is 24.4 Å². The van der Waals surface area contributed by atoms with Crippen LogP contribution in [0.5, 0.6) is 0 Å². The number of carbonyl (C=O) groups excluding carboxylic acids is 1. The van der Waals surface area contributed by atoms with Crippen molar-refractivity contribution in [3.8, 4) is 0 Å². The summed E-state index contributed by atoms with van der Waals surface area (Å²) in [5.41, 5.74) is 1.89. The van der Waals surface area contributed by atoms with Crippen LogP contribution in [0.1, 0.15) is 10.4 Å². The number of pyridine rings is 3. The number of amides is 1. The van der Waals surface area contributed by atoms with E-state index in [4.69, 9.17) is 0 Å². The molecule has 0 aliphatic rings. The summed E-state index contributed by atoms with van der Waals surface area (Å²) in [7, 11) is 5.04. The third kappa shape index (κ3) is 3.82. The maximum absolute atomic E-state index is 13.1. The minimum absolute atomic E-state index is 0.162. The minimum atomic E-state index is -0.451. The van der Waals surface area contributed by atoms with Crippen LogP contribution in [0, 0.1) is 5.82 Å². The summed E-state index contributed by atoms with van der Waals surface area (Å²) < 4.78 is 16.4. The average molecular weight is 421 g/mol. The third-order valence-electron chi connectivity index (χ3n) is 4.85. The molecule has 4 rings (SSSR count). The zero-order valence-electron chi connectivity index (χ0n) is 17.1. The molecular weight excluding hydrogens is 401 g/mol. The molecule has 0 atom stereocenters. The largest absolute Gasteiger partial charge is 0.355 e. The first-order valence-electron chi connectivity index (χ1n) is 9.39. The lowest BCUT2D eigenvalue weighted by Gasteiger charge is -2.13. The van der Waals surface area contributed by atoms with E-state index in [0.717, 1.165) is 11.7 Å². The fourth-order valence-electron chi connectivity index (χ4n) is 3.26. The second-order valence-electron chi connectivity index (χ2n) is 6.95. The molecule has 0 saturated carbocycles. The van der Waals surface area contributed by atoms with Gasteiger partial charge in [-0.3, -0.25) is 9.59 Å². The lowest BCUT2D eigenvalue weighted by Crippen LogP contribution is -2.20. The molecule has 0 bridgehead atoms. The topological polar surface area (TPSA) is 106 Å². The molecule has 4 aromatic heterocycles. The molecule has 0 radical (unpaired) electrons. The van der Waals surface area contributed by atoms with Gasteiger partial charge in [-0.1, -0.05) is 0 Å². The number of rotatable bonds is 5. The van der Waals surface area contributed by atoms with Gasteiger partial charge in [-0.15, -0.1) is 0 Å². The van der Waals surface area contributed by atoms with Crippen LogP contribution >= 0.6 is 0 Å². The quantitative estimate of drug-likeness (QED) is 0.458. The SMILES string of the molecule is CNC(=O)c1cnc(Nc2ccc(F)cn2)cc1Nc1cn(C)c2ccn(C)c(=O)c12. The zero-order chi connectivity index (χ0) is 22.1. The van der Waals surface area contributed by atoms with Crippen molar-refractivity contribution in [3.63, 3.8) is 0 Å². The second-order valence-corrected chi connectivity index (χ2v) is 6.95. The van der Waals surface area contributed by atoms with Gasteiger partial charge in [0, 0.05) is 45.8 Å². The Balaban J connectivity index is 1.78. The maximum atomic E-state index is 13.1. The van der Waals surface area contributed by atoms with Crippen molar-refractivity contribution in [2.24, 2.45) is 14.1 Å². The van der Waals surface area contributed by atoms with Gasteiger partial charge < -0.3 is 25.1 Å². The lowest BCUT2D eigenvalue weighted by molar-refractivity contribution is 0.0963.